The number of amides is 1. The molecule has 1 aromatic heterocycles. The van der Waals surface area contributed by atoms with E-state index in [1.165, 1.54) is 6.07 Å². The highest BCUT2D eigenvalue weighted by Crippen LogP contribution is 2.34. The number of aliphatic hydroxyl groups is 1. The largest absolute Gasteiger partial charge is 0.393 e. The van der Waals surface area contributed by atoms with E-state index >= 15 is 0 Å². The van der Waals surface area contributed by atoms with Gasteiger partial charge < -0.3 is 15.0 Å². The van der Waals surface area contributed by atoms with Crippen LogP contribution >= 0.6 is 11.8 Å². The lowest BCUT2D eigenvalue weighted by molar-refractivity contribution is 0.0598. The lowest BCUT2D eigenvalue weighted by Crippen LogP contribution is -2.53. The SMILES string of the molecule is CCc1cc(F)cc2[nH]c(C(=O)N3CCC4NC(N[C@H]5C[C@H](O)C5)SC4C3)cc12. The van der Waals surface area contributed by atoms with E-state index in [0.29, 0.717) is 41.6 Å². The summed E-state index contributed by atoms with van der Waals surface area (Å²) in [5.74, 6) is -0.289. The molecule has 4 N–H and O–H groups in total. The first-order valence-corrected chi connectivity index (χ1v) is 11.4. The molecule has 156 valence electrons. The number of carbonyl (C=O) groups excluding carboxylic acids is 1. The van der Waals surface area contributed by atoms with Crippen molar-refractivity contribution >= 4 is 28.6 Å². The van der Waals surface area contributed by atoms with E-state index < -0.39 is 0 Å². The summed E-state index contributed by atoms with van der Waals surface area (Å²) < 4.78 is 13.8. The maximum absolute atomic E-state index is 13.8. The van der Waals surface area contributed by atoms with Crippen molar-refractivity contribution in [3.05, 3.63) is 35.3 Å². The molecule has 3 aliphatic rings. The number of thioether (sulfide) groups is 1. The zero-order chi connectivity index (χ0) is 20.1. The average molecular weight is 419 g/mol. The topological polar surface area (TPSA) is 80.4 Å². The number of benzene rings is 1. The van der Waals surface area contributed by atoms with E-state index in [0.717, 1.165) is 36.6 Å². The number of aryl methyl sites for hydroxylation is 1. The van der Waals surface area contributed by atoms with Crippen molar-refractivity contribution in [3.63, 3.8) is 0 Å². The highest BCUT2D eigenvalue weighted by atomic mass is 32.2. The number of carbonyl (C=O) groups is 1. The number of aromatic nitrogens is 1. The maximum Gasteiger partial charge on any atom is 0.270 e. The Morgan fingerprint density at radius 3 is 2.97 bits per heavy atom. The first kappa shape index (κ1) is 19.4. The average Bonchev–Trinajstić information content (AvgIpc) is 3.28. The van der Waals surface area contributed by atoms with Crippen LogP contribution in [0.2, 0.25) is 0 Å². The third-order valence-corrected chi connectivity index (χ3v) is 7.79. The number of hydrogen-bond donors (Lipinski definition) is 4. The molecule has 6 nitrogen and oxygen atoms in total. The van der Waals surface area contributed by atoms with Crippen LogP contribution in [0.1, 0.15) is 42.2 Å². The van der Waals surface area contributed by atoms with E-state index in [2.05, 4.69) is 15.6 Å². The summed E-state index contributed by atoms with van der Waals surface area (Å²) in [5, 5.41) is 17.9. The second-order valence-corrected chi connectivity index (χ2v) is 9.77. The van der Waals surface area contributed by atoms with Crippen LogP contribution in [0.4, 0.5) is 4.39 Å². The van der Waals surface area contributed by atoms with Gasteiger partial charge >= 0.3 is 0 Å². The third-order valence-electron chi connectivity index (χ3n) is 6.42. The molecule has 3 atom stereocenters. The van der Waals surface area contributed by atoms with E-state index in [9.17, 15) is 14.3 Å². The molecule has 5 rings (SSSR count). The number of fused-ring (bicyclic) bond motifs is 2. The van der Waals surface area contributed by atoms with Gasteiger partial charge in [0.05, 0.1) is 6.10 Å². The molecule has 3 fully saturated rings. The number of nitrogens with zero attached hydrogens (tertiary/aromatic N) is 1. The minimum Gasteiger partial charge on any atom is -0.393 e. The second-order valence-electron chi connectivity index (χ2n) is 8.42. The summed E-state index contributed by atoms with van der Waals surface area (Å²) in [6.45, 7) is 3.41. The van der Waals surface area contributed by atoms with Crippen LogP contribution in [0.15, 0.2) is 18.2 Å². The normalized spacial score (nSPS) is 31.7. The lowest BCUT2D eigenvalue weighted by Gasteiger charge is -2.34. The summed E-state index contributed by atoms with van der Waals surface area (Å²) in [6, 6.07) is 5.66. The Bertz CT molecular complexity index is 929. The Balaban J connectivity index is 1.26. The van der Waals surface area contributed by atoms with Crippen molar-refractivity contribution in [2.75, 3.05) is 13.1 Å². The van der Waals surface area contributed by atoms with Gasteiger partial charge in [0.25, 0.3) is 5.91 Å². The van der Waals surface area contributed by atoms with E-state index in [1.54, 1.807) is 6.07 Å². The van der Waals surface area contributed by atoms with Gasteiger partial charge in [-0.1, -0.05) is 6.92 Å². The fraction of sp³-hybridized carbons (Fsp3) is 0.571. The van der Waals surface area contributed by atoms with Gasteiger partial charge in [-0.15, -0.1) is 11.8 Å². The summed E-state index contributed by atoms with van der Waals surface area (Å²) in [6.07, 6.45) is 3.12. The number of hydrogen-bond acceptors (Lipinski definition) is 5. The first-order valence-electron chi connectivity index (χ1n) is 10.5. The van der Waals surface area contributed by atoms with Gasteiger partial charge in [0.15, 0.2) is 0 Å². The highest BCUT2D eigenvalue weighted by molar-refractivity contribution is 8.00. The number of halogens is 1. The van der Waals surface area contributed by atoms with Gasteiger partial charge in [-0.05, 0) is 49.4 Å². The molecule has 2 aliphatic heterocycles. The number of rotatable bonds is 4. The summed E-state index contributed by atoms with van der Waals surface area (Å²) in [4.78, 5) is 18.2. The standard InChI is InChI=1S/C21H27FN4O2S/c1-2-11-5-12(22)6-17-15(11)9-18(24-17)20(28)26-4-3-16-19(10-26)29-21(25-16)23-13-7-14(27)8-13/h5-6,9,13-14,16,19,21,23-25,27H,2-4,7-8,10H2,1H3/t13-,14-,16?,19?,21?. The minimum atomic E-state index is -0.276. The zero-order valence-corrected chi connectivity index (χ0v) is 17.3. The first-order chi connectivity index (χ1) is 14.0. The van der Waals surface area contributed by atoms with Crippen molar-refractivity contribution in [3.8, 4) is 0 Å². The third kappa shape index (κ3) is 3.67. The number of piperidine rings is 1. The summed E-state index contributed by atoms with van der Waals surface area (Å²) >= 11 is 1.85. The van der Waals surface area contributed by atoms with Crippen LogP contribution in [0.3, 0.4) is 0 Å². The van der Waals surface area contributed by atoms with Crippen molar-refractivity contribution in [1.29, 1.82) is 0 Å². The maximum atomic E-state index is 13.8. The Labute approximate surface area is 173 Å². The van der Waals surface area contributed by atoms with Gasteiger partial charge in [0, 0.05) is 41.3 Å². The molecule has 3 unspecified atom stereocenters. The molecular weight excluding hydrogens is 391 g/mol. The van der Waals surface area contributed by atoms with Gasteiger partial charge in [0.2, 0.25) is 0 Å². The van der Waals surface area contributed by atoms with E-state index in [4.69, 9.17) is 0 Å². The Hall–Kier alpha value is -1.61. The molecule has 0 bridgehead atoms. The summed E-state index contributed by atoms with van der Waals surface area (Å²) in [7, 11) is 0. The van der Waals surface area contributed by atoms with Gasteiger partial charge in [-0.3, -0.25) is 15.4 Å². The quantitative estimate of drug-likeness (QED) is 0.612. The van der Waals surface area contributed by atoms with Gasteiger partial charge in [0.1, 0.15) is 17.0 Å². The molecule has 8 heteroatoms. The van der Waals surface area contributed by atoms with E-state index in [1.807, 2.05) is 29.7 Å². The molecule has 1 saturated carbocycles. The van der Waals surface area contributed by atoms with Crippen LogP contribution < -0.4 is 10.6 Å². The Morgan fingerprint density at radius 1 is 1.38 bits per heavy atom. The number of nitrogens with one attached hydrogen (secondary N) is 3. The molecule has 0 radical (unpaired) electrons. The van der Waals surface area contributed by atoms with Crippen LogP contribution in [0, 0.1) is 5.82 Å². The number of aromatic amines is 1. The summed E-state index contributed by atoms with van der Waals surface area (Å²) in [5.41, 5.74) is 2.32. The molecule has 3 heterocycles. The van der Waals surface area contributed by atoms with Crippen molar-refractivity contribution < 1.29 is 14.3 Å². The molecule has 29 heavy (non-hydrogen) atoms. The Morgan fingerprint density at radius 2 is 2.21 bits per heavy atom. The van der Waals surface area contributed by atoms with Crippen LogP contribution in [0.5, 0.6) is 0 Å². The van der Waals surface area contributed by atoms with Crippen LogP contribution in [-0.4, -0.2) is 62.9 Å². The Kier molecular flexibility index (Phi) is 5.06. The monoisotopic (exact) mass is 418 g/mol. The zero-order valence-electron chi connectivity index (χ0n) is 16.5. The van der Waals surface area contributed by atoms with Crippen LogP contribution in [0.25, 0.3) is 10.9 Å². The van der Waals surface area contributed by atoms with Crippen LogP contribution in [-0.2, 0) is 6.42 Å². The molecule has 2 aromatic rings. The van der Waals surface area contributed by atoms with E-state index in [-0.39, 0.29) is 23.3 Å². The van der Waals surface area contributed by atoms with Gasteiger partial charge in [-0.2, -0.15) is 0 Å². The van der Waals surface area contributed by atoms with Gasteiger partial charge in [-0.25, -0.2) is 4.39 Å². The van der Waals surface area contributed by atoms with Crippen molar-refractivity contribution in [2.45, 2.75) is 61.5 Å². The van der Waals surface area contributed by atoms with Crippen molar-refractivity contribution in [1.82, 2.24) is 20.5 Å². The molecule has 1 aromatic carbocycles. The molecule has 2 saturated heterocycles. The lowest BCUT2D eigenvalue weighted by atomic mass is 9.90. The molecular formula is C21H27FN4O2S. The number of likely N-dealkylation sites (tertiary alicyclic amines) is 1. The predicted molar refractivity (Wildman–Crippen MR) is 112 cm³/mol. The molecule has 0 spiro atoms. The fourth-order valence-corrected chi connectivity index (χ4v) is 6.26. The predicted octanol–water partition coefficient (Wildman–Crippen LogP) is 2.19. The smallest absolute Gasteiger partial charge is 0.270 e. The minimum absolute atomic E-state index is 0.0127. The molecule has 1 aliphatic carbocycles. The second kappa shape index (κ2) is 7.58. The highest BCUT2D eigenvalue weighted by Gasteiger charge is 2.41. The number of aliphatic hydroxyl groups excluding tert-OH is 1. The molecule has 1 amide bonds. The number of H-pyrrole nitrogens is 1. The fourth-order valence-electron chi connectivity index (χ4n) is 4.72. The van der Waals surface area contributed by atoms with Crippen molar-refractivity contribution in [2.24, 2.45) is 0 Å².